The molecule has 4 heterocycles. The van der Waals surface area contributed by atoms with E-state index in [0.717, 1.165) is 59.7 Å². The first-order valence-electron chi connectivity index (χ1n) is 12.6. The number of pyridine rings is 1. The Labute approximate surface area is 223 Å². The highest BCUT2D eigenvalue weighted by Gasteiger charge is 2.49. The number of aromatic nitrogens is 5. The SMILES string of the molecule is CC(C)(C[C@@H]1c2ccccc2CC12CCN(c1ncc(Sc3ccnc4[nH]ccc34)nn1)CC2)S(N)=O. The van der Waals surface area contributed by atoms with Crippen LogP contribution in [0.2, 0.25) is 0 Å². The molecule has 6 rings (SSSR count). The smallest absolute Gasteiger partial charge is 0.245 e. The van der Waals surface area contributed by atoms with Crippen LogP contribution in [-0.4, -0.2) is 47.2 Å². The summed E-state index contributed by atoms with van der Waals surface area (Å²) >= 11 is 1.54. The highest BCUT2D eigenvalue weighted by atomic mass is 32.2. The molecule has 1 saturated heterocycles. The molecular weight excluding hydrogens is 502 g/mol. The summed E-state index contributed by atoms with van der Waals surface area (Å²) in [6.07, 6.45) is 9.43. The number of nitrogens with one attached hydrogen (secondary N) is 1. The van der Waals surface area contributed by atoms with E-state index in [9.17, 15) is 4.21 Å². The second kappa shape index (κ2) is 9.49. The maximum Gasteiger partial charge on any atom is 0.245 e. The van der Waals surface area contributed by atoms with Gasteiger partial charge in [-0.1, -0.05) is 36.0 Å². The predicted octanol–water partition coefficient (Wildman–Crippen LogP) is 4.62. The molecule has 37 heavy (non-hydrogen) atoms. The Morgan fingerprint density at radius 2 is 1.97 bits per heavy atom. The van der Waals surface area contributed by atoms with Crippen LogP contribution in [0.15, 0.2) is 64.9 Å². The van der Waals surface area contributed by atoms with Gasteiger partial charge in [0, 0.05) is 35.8 Å². The molecule has 3 N–H and O–H groups in total. The maximum atomic E-state index is 12.3. The average Bonchev–Trinajstić information content (AvgIpc) is 3.49. The third kappa shape index (κ3) is 4.55. The third-order valence-corrected chi connectivity index (χ3v) is 10.4. The van der Waals surface area contributed by atoms with Gasteiger partial charge >= 0.3 is 0 Å². The Balaban J connectivity index is 1.17. The molecule has 10 heteroatoms. The van der Waals surface area contributed by atoms with E-state index in [1.54, 1.807) is 18.0 Å². The molecule has 1 spiro atoms. The van der Waals surface area contributed by atoms with Crippen molar-refractivity contribution in [2.45, 2.75) is 60.1 Å². The van der Waals surface area contributed by atoms with Gasteiger partial charge in [0.2, 0.25) is 5.95 Å². The van der Waals surface area contributed by atoms with E-state index in [1.165, 1.54) is 11.1 Å². The molecule has 1 aliphatic carbocycles. The number of rotatable bonds is 6. The van der Waals surface area contributed by atoms with E-state index in [-0.39, 0.29) is 5.41 Å². The van der Waals surface area contributed by atoms with Crippen molar-refractivity contribution in [2.24, 2.45) is 10.6 Å². The normalized spacial score (nSPS) is 19.9. The summed E-state index contributed by atoms with van der Waals surface area (Å²) in [4.78, 5) is 15.5. The molecule has 2 atom stereocenters. The van der Waals surface area contributed by atoms with Crippen molar-refractivity contribution in [1.82, 2.24) is 25.1 Å². The number of fused-ring (bicyclic) bond motifs is 2. The van der Waals surface area contributed by atoms with Gasteiger partial charge in [0.15, 0.2) is 0 Å². The lowest BCUT2D eigenvalue weighted by Gasteiger charge is -2.45. The van der Waals surface area contributed by atoms with Gasteiger partial charge in [-0.05, 0) is 74.1 Å². The van der Waals surface area contributed by atoms with Gasteiger partial charge in [-0.2, -0.15) is 0 Å². The van der Waals surface area contributed by atoms with Crippen LogP contribution in [0.25, 0.3) is 11.0 Å². The molecule has 1 unspecified atom stereocenters. The molecule has 3 aromatic heterocycles. The first kappa shape index (κ1) is 24.5. The number of nitrogens with two attached hydrogens (primary N) is 1. The van der Waals surface area contributed by atoms with E-state index in [1.807, 2.05) is 38.4 Å². The van der Waals surface area contributed by atoms with E-state index in [0.29, 0.717) is 11.9 Å². The molecule has 2 aliphatic rings. The van der Waals surface area contributed by atoms with Crippen LogP contribution >= 0.6 is 11.8 Å². The molecule has 1 fully saturated rings. The van der Waals surface area contributed by atoms with E-state index in [4.69, 9.17) is 5.14 Å². The van der Waals surface area contributed by atoms with Crippen LogP contribution in [0.1, 0.15) is 50.2 Å². The number of benzene rings is 1. The molecule has 0 saturated carbocycles. The Kier molecular flexibility index (Phi) is 6.29. The number of nitrogens with zero attached hydrogens (tertiary/aromatic N) is 5. The van der Waals surface area contributed by atoms with E-state index >= 15 is 0 Å². The van der Waals surface area contributed by atoms with Crippen molar-refractivity contribution in [1.29, 1.82) is 0 Å². The van der Waals surface area contributed by atoms with Crippen LogP contribution in [0.5, 0.6) is 0 Å². The minimum Gasteiger partial charge on any atom is -0.346 e. The van der Waals surface area contributed by atoms with E-state index in [2.05, 4.69) is 54.3 Å². The highest BCUT2D eigenvalue weighted by Crippen LogP contribution is 2.56. The fourth-order valence-electron chi connectivity index (χ4n) is 6.03. The number of hydrogen-bond donors (Lipinski definition) is 2. The fourth-order valence-corrected chi connectivity index (χ4v) is 7.18. The predicted molar refractivity (Wildman–Crippen MR) is 148 cm³/mol. The second-order valence-electron chi connectivity index (χ2n) is 10.8. The number of anilines is 1. The molecule has 1 aliphatic heterocycles. The summed E-state index contributed by atoms with van der Waals surface area (Å²) in [6.45, 7) is 5.80. The van der Waals surface area contributed by atoms with Crippen molar-refractivity contribution < 1.29 is 4.21 Å². The Bertz CT molecular complexity index is 1440. The van der Waals surface area contributed by atoms with Crippen LogP contribution < -0.4 is 10.0 Å². The summed E-state index contributed by atoms with van der Waals surface area (Å²) in [5.74, 6) is 1.02. The first-order valence-corrected chi connectivity index (χ1v) is 14.7. The van der Waals surface area contributed by atoms with Gasteiger partial charge in [-0.25, -0.2) is 14.2 Å². The lowest BCUT2D eigenvalue weighted by Crippen LogP contribution is -2.45. The van der Waals surface area contributed by atoms with Crippen LogP contribution in [0.3, 0.4) is 0 Å². The first-order chi connectivity index (χ1) is 17.8. The zero-order chi connectivity index (χ0) is 25.6. The number of H-pyrrole nitrogens is 1. The minimum atomic E-state index is -1.38. The maximum absolute atomic E-state index is 12.3. The van der Waals surface area contributed by atoms with E-state index < -0.39 is 15.7 Å². The molecule has 8 nitrogen and oxygen atoms in total. The zero-order valence-corrected chi connectivity index (χ0v) is 22.7. The van der Waals surface area contributed by atoms with Gasteiger partial charge in [-0.3, -0.25) is 5.14 Å². The van der Waals surface area contributed by atoms with Crippen molar-refractivity contribution in [3.05, 3.63) is 66.1 Å². The summed E-state index contributed by atoms with van der Waals surface area (Å²) < 4.78 is 11.9. The molecule has 0 radical (unpaired) electrons. The second-order valence-corrected chi connectivity index (χ2v) is 13.5. The molecule has 192 valence electrons. The van der Waals surface area contributed by atoms with Crippen molar-refractivity contribution in [3.63, 3.8) is 0 Å². The molecule has 4 aromatic rings. The van der Waals surface area contributed by atoms with Crippen LogP contribution in [0, 0.1) is 5.41 Å². The Morgan fingerprint density at radius 1 is 1.16 bits per heavy atom. The Morgan fingerprint density at radius 3 is 2.73 bits per heavy atom. The van der Waals surface area contributed by atoms with Gasteiger partial charge in [0.25, 0.3) is 0 Å². The quantitative estimate of drug-likeness (QED) is 0.372. The lowest BCUT2D eigenvalue weighted by atomic mass is 9.67. The summed E-state index contributed by atoms with van der Waals surface area (Å²) in [7, 11) is -1.38. The van der Waals surface area contributed by atoms with Crippen LogP contribution in [0.4, 0.5) is 5.95 Å². The van der Waals surface area contributed by atoms with Crippen molar-refractivity contribution >= 4 is 39.7 Å². The van der Waals surface area contributed by atoms with Crippen molar-refractivity contribution in [2.75, 3.05) is 18.0 Å². The van der Waals surface area contributed by atoms with Gasteiger partial charge in [0.1, 0.15) is 10.7 Å². The Hall–Kier alpha value is -2.82. The minimum absolute atomic E-state index is 0.142. The zero-order valence-electron chi connectivity index (χ0n) is 21.1. The number of aromatic amines is 1. The van der Waals surface area contributed by atoms with Crippen molar-refractivity contribution in [3.8, 4) is 0 Å². The largest absolute Gasteiger partial charge is 0.346 e. The molecular formula is C27H31N7OS2. The standard InChI is InChI=1S/C27H31N7OS2/c1-26(2,37(28)35)16-21-19-6-4-3-5-18(19)15-27(21)9-13-34(14-10-27)25-31-17-23(32-33-25)36-22-8-12-30-24-20(22)7-11-29-24/h3-8,11-12,17,21H,9-10,13-16,28H2,1-2H3,(H,29,30)/t21-,37?/m1/s1. The monoisotopic (exact) mass is 533 g/mol. The fraction of sp³-hybridized carbons (Fsp3) is 0.407. The summed E-state index contributed by atoms with van der Waals surface area (Å²) in [5.41, 5.74) is 3.83. The lowest BCUT2D eigenvalue weighted by molar-refractivity contribution is 0.170. The van der Waals surface area contributed by atoms with Gasteiger partial charge in [0.05, 0.1) is 21.9 Å². The summed E-state index contributed by atoms with van der Waals surface area (Å²) in [6, 6.07) is 12.8. The van der Waals surface area contributed by atoms with Gasteiger partial charge < -0.3 is 9.88 Å². The molecule has 0 bridgehead atoms. The number of hydrogen-bond acceptors (Lipinski definition) is 7. The van der Waals surface area contributed by atoms with Gasteiger partial charge in [-0.15, -0.1) is 10.2 Å². The topological polar surface area (TPSA) is 114 Å². The van der Waals surface area contributed by atoms with Crippen LogP contribution in [-0.2, 0) is 17.4 Å². The summed E-state index contributed by atoms with van der Waals surface area (Å²) in [5, 5.41) is 16.7. The third-order valence-electron chi connectivity index (χ3n) is 8.16. The molecule has 0 amide bonds. The average molecular weight is 534 g/mol. The highest BCUT2D eigenvalue weighted by molar-refractivity contribution is 7.99. The molecule has 1 aromatic carbocycles. The number of piperidine rings is 1.